The summed E-state index contributed by atoms with van der Waals surface area (Å²) in [5.41, 5.74) is 3.35. The molecule has 1 atom stereocenters. The van der Waals surface area contributed by atoms with Crippen LogP contribution in [0, 0.1) is 5.82 Å². The van der Waals surface area contributed by atoms with Crippen LogP contribution in [0.4, 0.5) is 10.1 Å². The van der Waals surface area contributed by atoms with E-state index in [4.69, 9.17) is 11.6 Å². The smallest absolute Gasteiger partial charge is 0.262 e. The van der Waals surface area contributed by atoms with E-state index in [9.17, 15) is 14.3 Å². The molecule has 1 amide bonds. The number of rotatable bonds is 5. The zero-order valence-corrected chi connectivity index (χ0v) is 13.0. The minimum absolute atomic E-state index is 0.00452. The van der Waals surface area contributed by atoms with Crippen LogP contribution in [0.1, 0.15) is 12.5 Å². The van der Waals surface area contributed by atoms with Crippen LogP contribution in [0.3, 0.4) is 0 Å². The third kappa shape index (κ3) is 4.96. The molecule has 0 aromatic heterocycles. The van der Waals surface area contributed by atoms with Crippen LogP contribution >= 0.6 is 11.6 Å². The molecule has 0 saturated carbocycles. The van der Waals surface area contributed by atoms with Gasteiger partial charge < -0.3 is 10.4 Å². The van der Waals surface area contributed by atoms with Crippen molar-refractivity contribution < 1.29 is 14.3 Å². The summed E-state index contributed by atoms with van der Waals surface area (Å²) in [5, 5.41) is 16.8. The molecule has 7 heteroatoms. The maximum Gasteiger partial charge on any atom is 0.262 e. The van der Waals surface area contributed by atoms with Crippen LogP contribution < -0.4 is 10.7 Å². The molecule has 0 fully saturated rings. The standard InChI is InChI=1S/C16H15ClFN3O2/c1-10(20-14-5-3-13(18)4-6-14)16(23)21-19-9-11-8-12(17)2-7-15(11)22/h2-10,20,22H,1H3,(H,21,23). The Bertz CT molecular complexity index is 720. The van der Waals surface area contributed by atoms with Gasteiger partial charge in [-0.25, -0.2) is 9.82 Å². The summed E-state index contributed by atoms with van der Waals surface area (Å²) in [5.74, 6) is -0.726. The summed E-state index contributed by atoms with van der Waals surface area (Å²) >= 11 is 5.81. The predicted octanol–water partition coefficient (Wildman–Crippen LogP) is 3.14. The summed E-state index contributed by atoms with van der Waals surface area (Å²) in [4.78, 5) is 11.9. The highest BCUT2D eigenvalue weighted by molar-refractivity contribution is 6.30. The summed E-state index contributed by atoms with van der Waals surface area (Å²) in [6, 6.07) is 9.59. The molecular formula is C16H15ClFN3O2. The number of aromatic hydroxyl groups is 1. The molecule has 0 radical (unpaired) electrons. The van der Waals surface area contributed by atoms with Crippen molar-refractivity contribution in [3.8, 4) is 5.75 Å². The van der Waals surface area contributed by atoms with E-state index in [1.165, 1.54) is 42.6 Å². The van der Waals surface area contributed by atoms with Gasteiger partial charge in [-0.05, 0) is 49.4 Å². The molecule has 0 heterocycles. The molecule has 5 nitrogen and oxygen atoms in total. The van der Waals surface area contributed by atoms with E-state index in [-0.39, 0.29) is 17.5 Å². The number of phenols is 1. The fourth-order valence-corrected chi connectivity index (χ4v) is 1.93. The minimum Gasteiger partial charge on any atom is -0.507 e. The predicted molar refractivity (Wildman–Crippen MR) is 88.3 cm³/mol. The Morgan fingerprint density at radius 3 is 2.70 bits per heavy atom. The maximum atomic E-state index is 12.8. The first kappa shape index (κ1) is 16.8. The van der Waals surface area contributed by atoms with Crippen LogP contribution in [0.15, 0.2) is 47.6 Å². The number of benzene rings is 2. The first-order valence-corrected chi connectivity index (χ1v) is 7.17. The average Bonchev–Trinajstić information content (AvgIpc) is 2.52. The number of carbonyl (C=O) groups is 1. The van der Waals surface area contributed by atoms with Gasteiger partial charge in [0, 0.05) is 16.3 Å². The lowest BCUT2D eigenvalue weighted by Gasteiger charge is -2.13. The highest BCUT2D eigenvalue weighted by Crippen LogP contribution is 2.19. The SMILES string of the molecule is CC(Nc1ccc(F)cc1)C(=O)NN=Cc1cc(Cl)ccc1O. The van der Waals surface area contributed by atoms with Crippen molar-refractivity contribution >= 4 is 29.4 Å². The molecule has 0 aliphatic carbocycles. The Balaban J connectivity index is 1.92. The molecule has 2 rings (SSSR count). The highest BCUT2D eigenvalue weighted by Gasteiger charge is 2.11. The van der Waals surface area contributed by atoms with Crippen molar-refractivity contribution in [3.05, 3.63) is 58.9 Å². The zero-order chi connectivity index (χ0) is 16.8. The lowest BCUT2D eigenvalue weighted by atomic mass is 10.2. The first-order chi connectivity index (χ1) is 11.0. The second-order valence-corrected chi connectivity index (χ2v) is 5.25. The van der Waals surface area contributed by atoms with Crippen LogP contribution in [-0.2, 0) is 4.79 Å². The third-order valence-electron chi connectivity index (χ3n) is 2.99. The molecular weight excluding hydrogens is 321 g/mol. The van der Waals surface area contributed by atoms with E-state index in [2.05, 4.69) is 15.8 Å². The fraction of sp³-hybridized carbons (Fsp3) is 0.125. The van der Waals surface area contributed by atoms with Crippen LogP contribution in [0.5, 0.6) is 5.75 Å². The van der Waals surface area contributed by atoms with Gasteiger partial charge in [0.15, 0.2) is 0 Å². The van der Waals surface area contributed by atoms with Gasteiger partial charge in [0.2, 0.25) is 0 Å². The van der Waals surface area contributed by atoms with Gasteiger partial charge in [-0.1, -0.05) is 11.6 Å². The highest BCUT2D eigenvalue weighted by atomic mass is 35.5. The molecule has 0 aliphatic heterocycles. The van der Waals surface area contributed by atoms with Crippen LogP contribution in [0.25, 0.3) is 0 Å². The maximum absolute atomic E-state index is 12.8. The number of nitrogens with one attached hydrogen (secondary N) is 2. The van der Waals surface area contributed by atoms with Gasteiger partial charge in [-0.2, -0.15) is 5.10 Å². The van der Waals surface area contributed by atoms with Crippen molar-refractivity contribution in [2.45, 2.75) is 13.0 Å². The first-order valence-electron chi connectivity index (χ1n) is 6.79. The zero-order valence-electron chi connectivity index (χ0n) is 12.3. The van der Waals surface area contributed by atoms with Gasteiger partial charge in [0.25, 0.3) is 5.91 Å². The van der Waals surface area contributed by atoms with E-state index in [0.29, 0.717) is 16.3 Å². The average molecular weight is 336 g/mol. The normalized spacial score (nSPS) is 12.1. The number of halogens is 2. The number of amides is 1. The number of nitrogens with zero attached hydrogens (tertiary/aromatic N) is 1. The van der Waals surface area contributed by atoms with Gasteiger partial charge in [-0.15, -0.1) is 0 Å². The molecule has 0 spiro atoms. The molecule has 2 aromatic carbocycles. The Labute approximate surface area is 137 Å². The molecule has 0 aliphatic rings. The van der Waals surface area contributed by atoms with Crippen molar-refractivity contribution in [1.29, 1.82) is 0 Å². The molecule has 3 N–H and O–H groups in total. The van der Waals surface area contributed by atoms with E-state index in [1.54, 1.807) is 13.0 Å². The number of phenolic OH excluding ortho intramolecular Hbond substituents is 1. The Kier molecular flexibility index (Phi) is 5.54. The summed E-state index contributed by atoms with van der Waals surface area (Å²) in [6.45, 7) is 1.64. The number of anilines is 1. The van der Waals surface area contributed by atoms with Crippen LogP contribution in [-0.4, -0.2) is 23.3 Å². The lowest BCUT2D eigenvalue weighted by Crippen LogP contribution is -2.34. The third-order valence-corrected chi connectivity index (χ3v) is 3.22. The molecule has 120 valence electrons. The topological polar surface area (TPSA) is 73.7 Å². The van der Waals surface area contributed by atoms with Crippen LogP contribution in [0.2, 0.25) is 5.02 Å². The van der Waals surface area contributed by atoms with Gasteiger partial charge in [0.1, 0.15) is 17.6 Å². The number of hydrogen-bond acceptors (Lipinski definition) is 4. The molecule has 0 bridgehead atoms. The fourth-order valence-electron chi connectivity index (χ4n) is 1.75. The number of carbonyl (C=O) groups excluding carboxylic acids is 1. The van der Waals surface area contributed by atoms with E-state index < -0.39 is 6.04 Å². The molecule has 0 saturated heterocycles. The molecule has 2 aromatic rings. The van der Waals surface area contributed by atoms with Crippen molar-refractivity contribution in [1.82, 2.24) is 5.43 Å². The summed E-state index contributed by atoms with van der Waals surface area (Å²) in [7, 11) is 0. The van der Waals surface area contributed by atoms with Gasteiger partial charge in [0.05, 0.1) is 6.21 Å². The van der Waals surface area contributed by atoms with E-state index >= 15 is 0 Å². The summed E-state index contributed by atoms with van der Waals surface area (Å²) in [6.07, 6.45) is 1.30. The van der Waals surface area contributed by atoms with Crippen molar-refractivity contribution in [3.63, 3.8) is 0 Å². The molecule has 23 heavy (non-hydrogen) atoms. The van der Waals surface area contributed by atoms with E-state index in [0.717, 1.165) is 0 Å². The Morgan fingerprint density at radius 1 is 1.30 bits per heavy atom. The molecule has 1 unspecified atom stereocenters. The monoisotopic (exact) mass is 335 g/mol. The Hall–Kier alpha value is -2.60. The Morgan fingerprint density at radius 2 is 2.00 bits per heavy atom. The quantitative estimate of drug-likeness (QED) is 0.580. The number of hydrogen-bond donors (Lipinski definition) is 3. The van der Waals surface area contributed by atoms with E-state index in [1.807, 2.05) is 0 Å². The second kappa shape index (κ2) is 7.60. The minimum atomic E-state index is -0.578. The summed E-state index contributed by atoms with van der Waals surface area (Å²) < 4.78 is 12.8. The lowest BCUT2D eigenvalue weighted by molar-refractivity contribution is -0.121. The van der Waals surface area contributed by atoms with Gasteiger partial charge in [-0.3, -0.25) is 4.79 Å². The van der Waals surface area contributed by atoms with Crippen molar-refractivity contribution in [2.24, 2.45) is 5.10 Å². The second-order valence-electron chi connectivity index (χ2n) is 4.81. The van der Waals surface area contributed by atoms with Gasteiger partial charge >= 0.3 is 0 Å². The number of hydrazone groups is 1. The largest absolute Gasteiger partial charge is 0.507 e. The van der Waals surface area contributed by atoms with Crippen molar-refractivity contribution in [2.75, 3.05) is 5.32 Å².